The number of halogens is 1. The van der Waals surface area contributed by atoms with E-state index < -0.39 is 0 Å². The van der Waals surface area contributed by atoms with Gasteiger partial charge in [0.2, 0.25) is 0 Å². The Morgan fingerprint density at radius 2 is 1.78 bits per heavy atom. The number of hydrogen-bond donors (Lipinski definition) is 1. The Labute approximate surface area is 157 Å². The van der Waals surface area contributed by atoms with Crippen molar-refractivity contribution in [1.29, 1.82) is 0 Å². The highest BCUT2D eigenvalue weighted by Gasteiger charge is 2.14. The monoisotopic (exact) mass is 364 g/mol. The van der Waals surface area contributed by atoms with Crippen LogP contribution in [0.25, 0.3) is 0 Å². The number of carbonyl (C=O) groups is 1. The molecule has 0 aliphatic carbocycles. The molecule has 0 saturated heterocycles. The van der Waals surface area contributed by atoms with Crippen molar-refractivity contribution in [3.05, 3.63) is 89.6 Å². The average molecular weight is 364 g/mol. The summed E-state index contributed by atoms with van der Waals surface area (Å²) in [5.41, 5.74) is 2.42. The molecule has 1 N–H and O–H groups in total. The molecule has 3 aromatic rings. The summed E-state index contributed by atoms with van der Waals surface area (Å²) in [6.45, 7) is 1.13. The molecule has 0 fully saturated rings. The third-order valence-corrected chi connectivity index (χ3v) is 4.13. The van der Waals surface area contributed by atoms with Gasteiger partial charge >= 0.3 is 0 Å². The van der Waals surface area contributed by atoms with Gasteiger partial charge in [0.1, 0.15) is 23.7 Å². The van der Waals surface area contributed by atoms with Crippen molar-refractivity contribution in [1.82, 2.24) is 14.9 Å². The van der Waals surface area contributed by atoms with Crippen LogP contribution in [0.4, 0.5) is 10.2 Å². The topological polar surface area (TPSA) is 58.1 Å². The van der Waals surface area contributed by atoms with Gasteiger partial charge in [0.15, 0.2) is 0 Å². The number of carbonyl (C=O) groups excluding carboxylic acids is 1. The van der Waals surface area contributed by atoms with Gasteiger partial charge in [-0.05, 0) is 29.7 Å². The minimum atomic E-state index is -0.245. The molecule has 0 atom stereocenters. The molecule has 138 valence electrons. The van der Waals surface area contributed by atoms with E-state index in [9.17, 15) is 9.18 Å². The summed E-state index contributed by atoms with van der Waals surface area (Å²) >= 11 is 0. The van der Waals surface area contributed by atoms with Crippen LogP contribution in [-0.2, 0) is 13.0 Å². The van der Waals surface area contributed by atoms with E-state index in [1.54, 1.807) is 30.1 Å². The van der Waals surface area contributed by atoms with Crippen molar-refractivity contribution in [3.63, 3.8) is 0 Å². The lowest BCUT2D eigenvalue weighted by Crippen LogP contribution is -2.27. The molecule has 0 spiro atoms. The predicted octanol–water partition coefficient (Wildman–Crippen LogP) is 3.54. The number of anilines is 1. The highest BCUT2D eigenvalue weighted by Crippen LogP contribution is 2.10. The third-order valence-electron chi connectivity index (χ3n) is 4.13. The number of nitrogens with zero attached hydrogens (tertiary/aromatic N) is 3. The third kappa shape index (κ3) is 5.34. The molecular weight excluding hydrogens is 343 g/mol. The van der Waals surface area contributed by atoms with E-state index in [1.165, 1.54) is 18.5 Å². The summed E-state index contributed by atoms with van der Waals surface area (Å²) in [5, 5.41) is 3.18. The molecule has 6 heteroatoms. The molecule has 0 unspecified atom stereocenters. The average Bonchev–Trinajstić information content (AvgIpc) is 2.70. The summed E-state index contributed by atoms with van der Waals surface area (Å²) in [6.07, 6.45) is 2.10. The molecule has 0 aliphatic rings. The van der Waals surface area contributed by atoms with Crippen LogP contribution in [0, 0.1) is 5.82 Å². The van der Waals surface area contributed by atoms with Crippen molar-refractivity contribution in [3.8, 4) is 0 Å². The van der Waals surface area contributed by atoms with Gasteiger partial charge in [-0.15, -0.1) is 0 Å². The summed E-state index contributed by atoms with van der Waals surface area (Å²) in [4.78, 5) is 22.5. The fourth-order valence-corrected chi connectivity index (χ4v) is 2.68. The Balaban J connectivity index is 1.57. The van der Waals surface area contributed by atoms with E-state index in [0.717, 1.165) is 17.5 Å². The molecule has 5 nitrogen and oxygen atoms in total. The van der Waals surface area contributed by atoms with E-state index in [0.29, 0.717) is 24.6 Å². The van der Waals surface area contributed by atoms with E-state index in [-0.39, 0.29) is 11.7 Å². The van der Waals surface area contributed by atoms with Gasteiger partial charge in [0.05, 0.1) is 0 Å². The molecule has 1 heterocycles. The Bertz CT molecular complexity index is 884. The van der Waals surface area contributed by atoms with Crippen molar-refractivity contribution < 1.29 is 9.18 Å². The summed E-state index contributed by atoms with van der Waals surface area (Å²) in [5.74, 6) is 0.177. The molecule has 3 rings (SSSR count). The van der Waals surface area contributed by atoms with Crippen molar-refractivity contribution >= 4 is 11.7 Å². The van der Waals surface area contributed by atoms with E-state index in [1.807, 2.05) is 30.3 Å². The van der Waals surface area contributed by atoms with Crippen LogP contribution in [0.2, 0.25) is 0 Å². The number of aromatic nitrogens is 2. The largest absolute Gasteiger partial charge is 0.370 e. The first-order chi connectivity index (χ1) is 13.1. The van der Waals surface area contributed by atoms with Crippen LogP contribution in [0.5, 0.6) is 0 Å². The first-order valence-corrected chi connectivity index (χ1v) is 8.71. The quantitative estimate of drug-likeness (QED) is 0.697. The van der Waals surface area contributed by atoms with Crippen molar-refractivity contribution in [2.24, 2.45) is 0 Å². The summed E-state index contributed by atoms with van der Waals surface area (Å²) < 4.78 is 12.9. The molecule has 0 aliphatic heterocycles. The summed E-state index contributed by atoms with van der Waals surface area (Å²) in [6, 6.07) is 17.8. The second-order valence-corrected chi connectivity index (χ2v) is 6.24. The zero-order valence-corrected chi connectivity index (χ0v) is 15.1. The highest BCUT2D eigenvalue weighted by atomic mass is 19.1. The molecule has 0 bridgehead atoms. The van der Waals surface area contributed by atoms with E-state index in [2.05, 4.69) is 15.3 Å². The molecule has 1 amide bonds. The Morgan fingerprint density at radius 1 is 1.04 bits per heavy atom. The van der Waals surface area contributed by atoms with Crippen molar-refractivity contribution in [2.75, 3.05) is 18.9 Å². The smallest absolute Gasteiger partial charge is 0.272 e. The zero-order valence-electron chi connectivity index (χ0n) is 15.1. The number of rotatable bonds is 7. The van der Waals surface area contributed by atoms with E-state index >= 15 is 0 Å². The van der Waals surface area contributed by atoms with Gasteiger partial charge in [-0.2, -0.15) is 0 Å². The lowest BCUT2D eigenvalue weighted by Gasteiger charge is -2.17. The molecule has 2 aromatic carbocycles. The number of benzene rings is 2. The normalized spacial score (nSPS) is 10.4. The standard InChI is InChI=1S/C21H21FN4O/c1-26(14-17-5-3-2-4-6-17)21(27)19-13-20(25-15-24-19)23-12-11-16-7-9-18(22)10-8-16/h2-10,13,15H,11-12,14H2,1H3,(H,23,24,25). The minimum absolute atomic E-state index is 0.164. The minimum Gasteiger partial charge on any atom is -0.370 e. The molecule has 27 heavy (non-hydrogen) atoms. The fraction of sp³-hybridized carbons (Fsp3) is 0.190. The van der Waals surface area contributed by atoms with Crippen LogP contribution in [0.3, 0.4) is 0 Å². The first kappa shape index (κ1) is 18.5. The predicted molar refractivity (Wildman–Crippen MR) is 103 cm³/mol. The van der Waals surface area contributed by atoms with Crippen LogP contribution in [0.15, 0.2) is 67.0 Å². The second-order valence-electron chi connectivity index (χ2n) is 6.24. The zero-order chi connectivity index (χ0) is 19.1. The Morgan fingerprint density at radius 3 is 2.52 bits per heavy atom. The summed E-state index contributed by atoms with van der Waals surface area (Å²) in [7, 11) is 1.75. The van der Waals surface area contributed by atoms with E-state index in [4.69, 9.17) is 0 Å². The van der Waals surface area contributed by atoms with Gasteiger partial charge in [-0.3, -0.25) is 4.79 Å². The van der Waals surface area contributed by atoms with Crippen LogP contribution < -0.4 is 5.32 Å². The maximum absolute atomic E-state index is 12.9. The Kier molecular flexibility index (Phi) is 6.10. The molecule has 0 saturated carbocycles. The highest BCUT2D eigenvalue weighted by molar-refractivity contribution is 5.92. The van der Waals surface area contributed by atoms with Crippen LogP contribution >= 0.6 is 0 Å². The fourth-order valence-electron chi connectivity index (χ4n) is 2.68. The number of hydrogen-bond acceptors (Lipinski definition) is 4. The Hall–Kier alpha value is -3.28. The number of nitrogens with one attached hydrogen (secondary N) is 1. The number of amides is 1. The van der Waals surface area contributed by atoms with Crippen LogP contribution in [0.1, 0.15) is 21.6 Å². The van der Waals surface area contributed by atoms with Gasteiger partial charge < -0.3 is 10.2 Å². The lowest BCUT2D eigenvalue weighted by atomic mass is 10.1. The van der Waals surface area contributed by atoms with Crippen molar-refractivity contribution in [2.45, 2.75) is 13.0 Å². The maximum Gasteiger partial charge on any atom is 0.272 e. The molecular formula is C21H21FN4O. The van der Waals surface area contributed by atoms with Gasteiger partial charge in [-0.25, -0.2) is 14.4 Å². The molecule has 0 radical (unpaired) electrons. The lowest BCUT2D eigenvalue weighted by molar-refractivity contribution is 0.0779. The van der Waals surface area contributed by atoms with Crippen LogP contribution in [-0.4, -0.2) is 34.4 Å². The first-order valence-electron chi connectivity index (χ1n) is 8.71. The molecule has 1 aromatic heterocycles. The SMILES string of the molecule is CN(Cc1ccccc1)C(=O)c1cc(NCCc2ccc(F)cc2)ncn1. The maximum atomic E-state index is 12.9. The van der Waals surface area contributed by atoms with Gasteiger partial charge in [0.25, 0.3) is 5.91 Å². The van der Waals surface area contributed by atoms with Gasteiger partial charge in [0, 0.05) is 26.2 Å². The van der Waals surface area contributed by atoms with Gasteiger partial charge in [-0.1, -0.05) is 42.5 Å². The second kappa shape index (κ2) is 8.89.